The van der Waals surface area contributed by atoms with Gasteiger partial charge in [-0.3, -0.25) is 9.69 Å². The van der Waals surface area contributed by atoms with Crippen LogP contribution in [0.2, 0.25) is 0 Å². The molecule has 3 radical (unpaired) electrons. The molecule has 0 unspecified atom stereocenters. The van der Waals surface area contributed by atoms with Gasteiger partial charge in [-0.05, 0) is 6.42 Å². The van der Waals surface area contributed by atoms with E-state index in [9.17, 15) is 24.6 Å². The van der Waals surface area contributed by atoms with E-state index in [1.807, 2.05) is 0 Å². The standard InChI is InChI=1S/C9H15N2O5.Co.Cu.Ni.Zn/c1-2-3-10-7(12)4-11(5-8(13)14)6-9(15)16;;;;/h1-6H2,(H,10,12)(H,13,14)(H,15,16);;;;/q;+2;;;/p-2. The second-order valence-corrected chi connectivity index (χ2v) is 3.09. The van der Waals surface area contributed by atoms with Gasteiger partial charge in [-0.1, -0.05) is 6.92 Å². The van der Waals surface area contributed by atoms with E-state index >= 15 is 0 Å². The van der Waals surface area contributed by atoms with E-state index < -0.39 is 30.9 Å². The largest absolute Gasteiger partial charge is 2.00 e. The molecule has 0 rings (SSSR count). The topological polar surface area (TPSA) is 113 Å². The van der Waals surface area contributed by atoms with Crippen LogP contribution in [-0.2, 0) is 84.2 Å². The number of carbonyl (C=O) groups excluding carboxylic acids is 3. The molecule has 0 atom stereocenters. The minimum absolute atomic E-state index is 0. The average molecular weight is 476 g/mol. The molecule has 0 aliphatic rings. The summed E-state index contributed by atoms with van der Waals surface area (Å²) >= 11 is 0. The van der Waals surface area contributed by atoms with Crippen LogP contribution in [0.3, 0.4) is 0 Å². The maximum Gasteiger partial charge on any atom is 2.00 e. The van der Waals surface area contributed by atoms with Crippen LogP contribution >= 0.6 is 0 Å². The first-order chi connectivity index (χ1) is 7.45. The van der Waals surface area contributed by atoms with Gasteiger partial charge in [-0.25, -0.2) is 0 Å². The van der Waals surface area contributed by atoms with Crippen molar-refractivity contribution in [1.29, 1.82) is 0 Å². The number of aliphatic carboxylic acids is 2. The predicted molar refractivity (Wildman–Crippen MR) is 49.4 cm³/mol. The fourth-order valence-corrected chi connectivity index (χ4v) is 1.02. The number of amides is 1. The van der Waals surface area contributed by atoms with E-state index in [-0.39, 0.29) is 76.4 Å². The van der Waals surface area contributed by atoms with Crippen LogP contribution in [-0.4, -0.2) is 48.9 Å². The van der Waals surface area contributed by atoms with Crippen molar-refractivity contribution in [2.24, 2.45) is 0 Å². The summed E-state index contributed by atoms with van der Waals surface area (Å²) in [6.45, 7) is 2.25. The van der Waals surface area contributed by atoms with E-state index in [1.165, 1.54) is 0 Å². The molecule has 0 saturated heterocycles. The third-order valence-corrected chi connectivity index (χ3v) is 1.57. The van der Waals surface area contributed by atoms with Crippen LogP contribution in [0.4, 0.5) is 0 Å². The van der Waals surface area contributed by atoms with Crippen molar-refractivity contribution >= 4 is 17.8 Å². The predicted octanol–water partition coefficient (Wildman–Crippen LogP) is -3.88. The summed E-state index contributed by atoms with van der Waals surface area (Å²) in [4.78, 5) is 32.6. The minimum Gasteiger partial charge on any atom is -0.549 e. The summed E-state index contributed by atoms with van der Waals surface area (Å²) in [6.07, 6.45) is 0.493. The molecule has 0 aromatic heterocycles. The van der Waals surface area contributed by atoms with Gasteiger partial charge in [0.1, 0.15) is 0 Å². The zero-order valence-corrected chi connectivity index (χ0v) is 16.3. The monoisotopic (exact) mass is 473 g/mol. The zero-order valence-electron chi connectivity index (χ0n) is 10.4. The Morgan fingerprint density at radius 3 is 1.75 bits per heavy atom. The maximum absolute atomic E-state index is 11.2. The summed E-state index contributed by atoms with van der Waals surface area (Å²) in [6, 6.07) is 0. The number of carboxylic acid groups (broad SMARTS) is 2. The Morgan fingerprint density at radius 1 is 1.05 bits per heavy atom. The van der Waals surface area contributed by atoms with Crippen LogP contribution in [0.1, 0.15) is 6.42 Å². The van der Waals surface area contributed by atoms with Gasteiger partial charge in [0.15, 0.2) is 0 Å². The van der Waals surface area contributed by atoms with E-state index in [0.29, 0.717) is 13.0 Å². The first kappa shape index (κ1) is 32.5. The van der Waals surface area contributed by atoms with E-state index in [1.54, 1.807) is 0 Å². The Bertz CT molecular complexity index is 273. The van der Waals surface area contributed by atoms with Crippen molar-refractivity contribution in [3.05, 3.63) is 6.92 Å². The number of carboxylic acids is 2. The molecule has 1 amide bonds. The van der Waals surface area contributed by atoms with Crippen LogP contribution in [0.25, 0.3) is 0 Å². The number of carbonyl (C=O) groups is 3. The maximum atomic E-state index is 11.2. The number of hydrogen-bond acceptors (Lipinski definition) is 6. The van der Waals surface area contributed by atoms with E-state index in [0.717, 1.165) is 4.90 Å². The van der Waals surface area contributed by atoms with Crippen molar-refractivity contribution in [3.8, 4) is 0 Å². The Kier molecular flexibility index (Phi) is 31.7. The first-order valence-corrected chi connectivity index (χ1v) is 4.63. The van der Waals surface area contributed by atoms with Gasteiger partial charge in [-0.15, -0.1) is 0 Å². The SMILES string of the molecule is [CH2]CCNC(=O)CN(CC(=O)[O-])CC(=O)[O-].[Co+2].[Cu].[Ni].[Zn]. The van der Waals surface area contributed by atoms with Crippen molar-refractivity contribution in [2.45, 2.75) is 6.42 Å². The van der Waals surface area contributed by atoms with Crippen LogP contribution < -0.4 is 15.5 Å². The van der Waals surface area contributed by atoms with Gasteiger partial charge in [0.25, 0.3) is 0 Å². The summed E-state index contributed by atoms with van der Waals surface area (Å²) in [5, 5.41) is 23.0. The molecule has 0 aliphatic heterocycles. The van der Waals surface area contributed by atoms with Crippen molar-refractivity contribution in [1.82, 2.24) is 10.2 Å². The third kappa shape index (κ3) is 20.8. The zero-order chi connectivity index (χ0) is 12.6. The minimum atomic E-state index is -1.45. The molecule has 0 aromatic carbocycles. The third-order valence-electron chi connectivity index (χ3n) is 1.57. The molecule has 0 aromatic rings. The van der Waals surface area contributed by atoms with Gasteiger partial charge < -0.3 is 25.1 Å². The van der Waals surface area contributed by atoms with Gasteiger partial charge in [0.05, 0.1) is 18.5 Å². The summed E-state index contributed by atoms with van der Waals surface area (Å²) in [5.41, 5.74) is 0. The Hall–Kier alpha value is 0.513. The number of hydrogen-bond donors (Lipinski definition) is 1. The second-order valence-electron chi connectivity index (χ2n) is 3.09. The van der Waals surface area contributed by atoms with Gasteiger partial charge in [0, 0.05) is 72.7 Å². The Balaban J connectivity index is -0.000000187. The summed E-state index contributed by atoms with van der Waals surface area (Å²) in [7, 11) is 0. The van der Waals surface area contributed by atoms with E-state index in [2.05, 4.69) is 12.2 Å². The molecule has 11 heteroatoms. The molecule has 1 N–H and O–H groups in total. The average Bonchev–Trinajstić information content (AvgIpc) is 2.12. The molecule has 0 aliphatic carbocycles. The first-order valence-electron chi connectivity index (χ1n) is 4.63. The Morgan fingerprint density at radius 2 is 1.45 bits per heavy atom. The molecular formula is C9H13CoCuN2NiO5Zn. The molecule has 0 saturated carbocycles. The van der Waals surface area contributed by atoms with Crippen molar-refractivity contribution < 1.29 is 94.4 Å². The summed E-state index contributed by atoms with van der Waals surface area (Å²) in [5.74, 6) is -3.37. The van der Waals surface area contributed by atoms with Crippen molar-refractivity contribution in [2.75, 3.05) is 26.2 Å². The molecule has 0 bridgehead atoms. The van der Waals surface area contributed by atoms with Crippen molar-refractivity contribution in [3.63, 3.8) is 0 Å². The summed E-state index contributed by atoms with van der Waals surface area (Å²) < 4.78 is 0. The van der Waals surface area contributed by atoms with Gasteiger partial charge >= 0.3 is 16.8 Å². The fraction of sp³-hybridized carbons (Fsp3) is 0.556. The fourth-order valence-electron chi connectivity index (χ4n) is 1.02. The molecule has 121 valence electrons. The van der Waals surface area contributed by atoms with Crippen LogP contribution in [0.5, 0.6) is 0 Å². The molecular weight excluding hydrogens is 463 g/mol. The number of nitrogens with zero attached hydrogens (tertiary/aromatic N) is 1. The smallest absolute Gasteiger partial charge is 0.549 e. The normalized spacial score (nSPS) is 8.10. The van der Waals surface area contributed by atoms with Crippen LogP contribution in [0.15, 0.2) is 0 Å². The molecule has 0 fully saturated rings. The quantitative estimate of drug-likeness (QED) is 0.359. The van der Waals surface area contributed by atoms with Gasteiger partial charge in [0.2, 0.25) is 5.91 Å². The van der Waals surface area contributed by atoms with E-state index in [4.69, 9.17) is 0 Å². The molecule has 0 spiro atoms. The molecule has 0 heterocycles. The number of nitrogens with one attached hydrogen (secondary N) is 1. The second kappa shape index (κ2) is 19.5. The Labute approximate surface area is 161 Å². The van der Waals surface area contributed by atoms with Crippen LogP contribution in [0, 0.1) is 6.92 Å². The number of rotatable bonds is 8. The van der Waals surface area contributed by atoms with Gasteiger partial charge in [-0.2, -0.15) is 0 Å². The molecule has 7 nitrogen and oxygen atoms in total. The molecule has 20 heavy (non-hydrogen) atoms.